The van der Waals surface area contributed by atoms with Crippen molar-refractivity contribution < 1.29 is 4.74 Å². The third-order valence-corrected chi connectivity index (χ3v) is 2.68. The third kappa shape index (κ3) is 2.88. The quantitative estimate of drug-likeness (QED) is 0.748. The average Bonchev–Trinajstić information content (AvgIpc) is 2.37. The molecule has 2 rings (SSSR count). The summed E-state index contributed by atoms with van der Waals surface area (Å²) in [6, 6.07) is 16.7. The lowest BCUT2D eigenvalue weighted by Gasteiger charge is -2.11. The number of hydrogen-bond acceptors (Lipinski definition) is 1. The van der Waals surface area contributed by atoms with Gasteiger partial charge in [-0.1, -0.05) is 55.0 Å². The van der Waals surface area contributed by atoms with Crippen molar-refractivity contribution in [3.63, 3.8) is 0 Å². The van der Waals surface area contributed by atoms with Crippen molar-refractivity contribution in [3.8, 4) is 16.9 Å². The molecule has 0 bridgehead atoms. The zero-order valence-corrected chi connectivity index (χ0v) is 10.4. The largest absolute Gasteiger partial charge is 0.493 e. The Balaban J connectivity index is 2.37. The molecule has 2 aromatic carbocycles. The van der Waals surface area contributed by atoms with Gasteiger partial charge in [-0.2, -0.15) is 0 Å². The molecule has 0 aliphatic heterocycles. The molecule has 0 aromatic heterocycles. The van der Waals surface area contributed by atoms with Gasteiger partial charge in [0.1, 0.15) is 5.75 Å². The van der Waals surface area contributed by atoms with E-state index in [1.54, 1.807) is 0 Å². The summed E-state index contributed by atoms with van der Waals surface area (Å²) in [7, 11) is 0. The molecular weight excluding hydrogens is 208 g/mol. The van der Waals surface area contributed by atoms with Crippen molar-refractivity contribution in [1.82, 2.24) is 0 Å². The Kier molecular flexibility index (Phi) is 3.81. The number of hydrogen-bond donors (Lipinski definition) is 0. The van der Waals surface area contributed by atoms with Crippen LogP contribution in [-0.2, 0) is 0 Å². The van der Waals surface area contributed by atoms with Crippen LogP contribution in [0.5, 0.6) is 5.75 Å². The molecule has 88 valence electrons. The average molecular weight is 226 g/mol. The Morgan fingerprint density at radius 1 is 1.00 bits per heavy atom. The summed E-state index contributed by atoms with van der Waals surface area (Å²) in [5.41, 5.74) is 3.66. The van der Waals surface area contributed by atoms with Crippen LogP contribution in [0.4, 0.5) is 0 Å². The van der Waals surface area contributed by atoms with E-state index < -0.39 is 0 Å². The summed E-state index contributed by atoms with van der Waals surface area (Å²) in [4.78, 5) is 0. The Bertz CT molecular complexity index is 488. The highest BCUT2D eigenvalue weighted by Crippen LogP contribution is 2.30. The highest BCUT2D eigenvalue weighted by atomic mass is 16.5. The molecule has 0 saturated heterocycles. The minimum absolute atomic E-state index is 0.767. The Morgan fingerprint density at radius 3 is 2.59 bits per heavy atom. The second kappa shape index (κ2) is 5.53. The van der Waals surface area contributed by atoms with E-state index in [0.29, 0.717) is 0 Å². The second-order valence-electron chi connectivity index (χ2n) is 4.21. The number of ether oxygens (including phenoxy) is 1. The van der Waals surface area contributed by atoms with E-state index in [0.717, 1.165) is 18.8 Å². The summed E-state index contributed by atoms with van der Waals surface area (Å²) >= 11 is 0. The normalized spacial score (nSPS) is 10.2. The van der Waals surface area contributed by atoms with Gasteiger partial charge in [0.2, 0.25) is 0 Å². The molecular formula is C16H18O. The van der Waals surface area contributed by atoms with Crippen molar-refractivity contribution in [3.05, 3.63) is 54.1 Å². The van der Waals surface area contributed by atoms with E-state index in [1.807, 2.05) is 12.1 Å². The predicted octanol–water partition coefficient (Wildman–Crippen LogP) is 4.45. The van der Waals surface area contributed by atoms with Crippen molar-refractivity contribution in [2.75, 3.05) is 6.61 Å². The van der Waals surface area contributed by atoms with Crippen LogP contribution in [0.25, 0.3) is 11.1 Å². The van der Waals surface area contributed by atoms with Crippen molar-refractivity contribution >= 4 is 0 Å². The smallest absolute Gasteiger partial charge is 0.127 e. The fraction of sp³-hybridized carbons (Fsp3) is 0.250. The Labute approximate surface area is 103 Å². The Morgan fingerprint density at radius 2 is 1.82 bits per heavy atom. The number of aryl methyl sites for hydroxylation is 1. The van der Waals surface area contributed by atoms with Gasteiger partial charge in [0, 0.05) is 5.56 Å². The first-order chi connectivity index (χ1) is 8.31. The van der Waals surface area contributed by atoms with E-state index >= 15 is 0 Å². The molecule has 2 aromatic rings. The van der Waals surface area contributed by atoms with Gasteiger partial charge < -0.3 is 4.74 Å². The number of para-hydroxylation sites is 1. The van der Waals surface area contributed by atoms with Gasteiger partial charge in [-0.05, 0) is 25.0 Å². The maximum absolute atomic E-state index is 5.78. The van der Waals surface area contributed by atoms with Crippen LogP contribution in [0, 0.1) is 6.92 Å². The van der Waals surface area contributed by atoms with Gasteiger partial charge in [0.05, 0.1) is 6.61 Å². The van der Waals surface area contributed by atoms with E-state index in [9.17, 15) is 0 Å². The molecule has 1 heteroatoms. The summed E-state index contributed by atoms with van der Waals surface area (Å²) in [6.07, 6.45) is 1.03. The monoisotopic (exact) mass is 226 g/mol. The molecule has 0 unspecified atom stereocenters. The molecule has 0 fully saturated rings. The predicted molar refractivity (Wildman–Crippen MR) is 72.4 cm³/mol. The molecule has 0 aliphatic rings. The van der Waals surface area contributed by atoms with Crippen LogP contribution < -0.4 is 4.74 Å². The summed E-state index contributed by atoms with van der Waals surface area (Å²) in [5, 5.41) is 0. The molecule has 0 N–H and O–H groups in total. The zero-order chi connectivity index (χ0) is 12.1. The van der Waals surface area contributed by atoms with Crippen molar-refractivity contribution in [2.45, 2.75) is 20.3 Å². The molecule has 0 radical (unpaired) electrons. The molecule has 1 nitrogen and oxygen atoms in total. The van der Waals surface area contributed by atoms with Crippen LogP contribution in [0.3, 0.4) is 0 Å². The fourth-order valence-corrected chi connectivity index (χ4v) is 1.86. The molecule has 17 heavy (non-hydrogen) atoms. The first kappa shape index (κ1) is 11.7. The molecule has 0 amide bonds. The van der Waals surface area contributed by atoms with Crippen LogP contribution in [0.1, 0.15) is 18.9 Å². The minimum Gasteiger partial charge on any atom is -0.493 e. The van der Waals surface area contributed by atoms with Crippen LogP contribution in [0.15, 0.2) is 48.5 Å². The Hall–Kier alpha value is -1.76. The van der Waals surface area contributed by atoms with Gasteiger partial charge in [0.25, 0.3) is 0 Å². The van der Waals surface area contributed by atoms with E-state index in [1.165, 1.54) is 16.7 Å². The molecule has 0 heterocycles. The highest BCUT2D eigenvalue weighted by Gasteiger charge is 2.05. The van der Waals surface area contributed by atoms with Crippen LogP contribution in [-0.4, -0.2) is 6.61 Å². The maximum Gasteiger partial charge on any atom is 0.127 e. The van der Waals surface area contributed by atoms with E-state index in [4.69, 9.17) is 4.74 Å². The van der Waals surface area contributed by atoms with E-state index in [-0.39, 0.29) is 0 Å². The first-order valence-corrected chi connectivity index (χ1v) is 6.10. The van der Waals surface area contributed by atoms with Crippen molar-refractivity contribution in [2.24, 2.45) is 0 Å². The number of rotatable bonds is 4. The standard InChI is InChI=1S/C16H18O/c1-3-11-17-16-10-5-4-9-15(16)14-8-6-7-13(2)12-14/h4-10,12H,3,11H2,1-2H3. The summed E-state index contributed by atoms with van der Waals surface area (Å²) in [6.45, 7) is 5.00. The SMILES string of the molecule is CCCOc1ccccc1-c1cccc(C)c1. The van der Waals surface area contributed by atoms with Gasteiger partial charge in [-0.25, -0.2) is 0 Å². The molecule has 0 saturated carbocycles. The van der Waals surface area contributed by atoms with Gasteiger partial charge >= 0.3 is 0 Å². The first-order valence-electron chi connectivity index (χ1n) is 6.10. The van der Waals surface area contributed by atoms with E-state index in [2.05, 4.69) is 50.2 Å². The second-order valence-corrected chi connectivity index (χ2v) is 4.21. The lowest BCUT2D eigenvalue weighted by Crippen LogP contribution is -1.96. The lowest BCUT2D eigenvalue weighted by molar-refractivity contribution is 0.318. The van der Waals surface area contributed by atoms with Gasteiger partial charge in [0.15, 0.2) is 0 Å². The zero-order valence-electron chi connectivity index (χ0n) is 10.4. The topological polar surface area (TPSA) is 9.23 Å². The summed E-state index contributed by atoms with van der Waals surface area (Å²) < 4.78 is 5.78. The lowest BCUT2D eigenvalue weighted by atomic mass is 10.0. The molecule has 0 spiro atoms. The maximum atomic E-state index is 5.78. The third-order valence-electron chi connectivity index (χ3n) is 2.68. The van der Waals surface area contributed by atoms with Gasteiger partial charge in [-0.3, -0.25) is 0 Å². The van der Waals surface area contributed by atoms with Crippen LogP contribution >= 0.6 is 0 Å². The molecule has 0 aliphatic carbocycles. The van der Waals surface area contributed by atoms with Gasteiger partial charge in [-0.15, -0.1) is 0 Å². The molecule has 0 atom stereocenters. The van der Waals surface area contributed by atoms with Crippen LogP contribution in [0.2, 0.25) is 0 Å². The summed E-state index contributed by atoms with van der Waals surface area (Å²) in [5.74, 6) is 0.972. The minimum atomic E-state index is 0.767. The number of benzene rings is 2. The van der Waals surface area contributed by atoms with Crippen molar-refractivity contribution in [1.29, 1.82) is 0 Å². The fourth-order valence-electron chi connectivity index (χ4n) is 1.86. The highest BCUT2D eigenvalue weighted by molar-refractivity contribution is 5.70.